The van der Waals surface area contributed by atoms with Gasteiger partial charge < -0.3 is 0 Å². The van der Waals surface area contributed by atoms with E-state index in [4.69, 9.17) is 11.6 Å². The van der Waals surface area contributed by atoms with Gasteiger partial charge in [0.15, 0.2) is 0 Å². The Balaban J connectivity index is 3.03. The van der Waals surface area contributed by atoms with Crippen LogP contribution in [0.5, 0.6) is 0 Å². The molecule has 1 aromatic rings. The minimum absolute atomic E-state index is 0.579. The highest BCUT2D eigenvalue weighted by molar-refractivity contribution is 6.30. The maximum atomic E-state index is 5.49. The van der Waals surface area contributed by atoms with Gasteiger partial charge in [0.05, 0.1) is 5.02 Å². The summed E-state index contributed by atoms with van der Waals surface area (Å²) in [6.07, 6.45) is 3.15. The molecule has 0 fully saturated rings. The topological polar surface area (TPSA) is 25.8 Å². The zero-order valence-electron chi connectivity index (χ0n) is 4.43. The minimum Gasteiger partial charge on any atom is -0.240 e. The smallest absolute Gasteiger partial charge is 0.125 e. The molecule has 2 nitrogen and oxygen atoms in total. The minimum atomic E-state index is 0.579. The summed E-state index contributed by atoms with van der Waals surface area (Å²) in [6.45, 7) is 1.82. The molecule has 0 spiro atoms. The van der Waals surface area contributed by atoms with Crippen molar-refractivity contribution in [1.82, 2.24) is 9.97 Å². The highest BCUT2D eigenvalue weighted by Gasteiger charge is 1.84. The largest absolute Gasteiger partial charge is 0.240 e. The van der Waals surface area contributed by atoms with E-state index in [2.05, 4.69) is 9.97 Å². The molecule has 0 saturated carbocycles. The third-order valence-electron chi connectivity index (χ3n) is 0.749. The Kier molecular flexibility index (Phi) is 1.44. The fraction of sp³-hybridized carbons (Fsp3) is 0.200. The van der Waals surface area contributed by atoms with E-state index in [1.165, 1.54) is 0 Å². The van der Waals surface area contributed by atoms with Crippen LogP contribution in [0.2, 0.25) is 5.02 Å². The van der Waals surface area contributed by atoms with E-state index in [0.29, 0.717) is 5.02 Å². The molecule has 0 N–H and O–H groups in total. The molecule has 1 heterocycles. The second-order valence-corrected chi connectivity index (χ2v) is 1.88. The Bertz CT molecular complexity index is 149. The van der Waals surface area contributed by atoms with Gasteiger partial charge in [0.1, 0.15) is 5.82 Å². The summed E-state index contributed by atoms with van der Waals surface area (Å²) >= 11 is 5.49. The summed E-state index contributed by atoms with van der Waals surface area (Å²) in [4.78, 5) is 7.67. The molecule has 1 rings (SSSR count). The Morgan fingerprint density at radius 3 is 2.25 bits per heavy atom. The molecule has 42 valence electrons. The van der Waals surface area contributed by atoms with Gasteiger partial charge in [0.2, 0.25) is 0 Å². The SMILES string of the molecule is Cc1ncc(Cl)cn1. The summed E-state index contributed by atoms with van der Waals surface area (Å²) in [5, 5.41) is 0.579. The average molecular weight is 129 g/mol. The van der Waals surface area contributed by atoms with E-state index in [1.54, 1.807) is 12.4 Å². The van der Waals surface area contributed by atoms with Crippen LogP contribution in [0.15, 0.2) is 12.4 Å². The molecule has 0 aliphatic heterocycles. The number of hydrogen-bond acceptors (Lipinski definition) is 2. The predicted molar refractivity (Wildman–Crippen MR) is 31.8 cm³/mol. The lowest BCUT2D eigenvalue weighted by molar-refractivity contribution is 1.05. The molecular weight excluding hydrogens is 124 g/mol. The van der Waals surface area contributed by atoms with Crippen molar-refractivity contribution in [3.63, 3.8) is 0 Å². The number of hydrogen-bond donors (Lipinski definition) is 0. The lowest BCUT2D eigenvalue weighted by Crippen LogP contribution is -1.82. The van der Waals surface area contributed by atoms with Gasteiger partial charge in [-0.25, -0.2) is 9.97 Å². The molecule has 0 bridgehead atoms. The van der Waals surface area contributed by atoms with Gasteiger partial charge in [0, 0.05) is 12.4 Å². The van der Waals surface area contributed by atoms with Crippen molar-refractivity contribution < 1.29 is 0 Å². The van der Waals surface area contributed by atoms with Gasteiger partial charge in [-0.2, -0.15) is 0 Å². The molecule has 0 unspecified atom stereocenters. The van der Waals surface area contributed by atoms with Crippen LogP contribution in [-0.4, -0.2) is 9.97 Å². The summed E-state index contributed by atoms with van der Waals surface area (Å²) < 4.78 is 0. The highest BCUT2D eigenvalue weighted by atomic mass is 35.5. The van der Waals surface area contributed by atoms with E-state index in [1.807, 2.05) is 6.92 Å². The van der Waals surface area contributed by atoms with Crippen LogP contribution in [0, 0.1) is 6.92 Å². The van der Waals surface area contributed by atoms with Gasteiger partial charge in [0.25, 0.3) is 0 Å². The normalized spacial score (nSPS) is 9.25. The van der Waals surface area contributed by atoms with Crippen LogP contribution in [0.25, 0.3) is 0 Å². The van der Waals surface area contributed by atoms with Gasteiger partial charge in [-0.05, 0) is 6.92 Å². The van der Waals surface area contributed by atoms with Crippen LogP contribution in [0.3, 0.4) is 0 Å². The Hall–Kier alpha value is -0.630. The van der Waals surface area contributed by atoms with Crippen molar-refractivity contribution in [2.24, 2.45) is 0 Å². The molecule has 0 aromatic carbocycles. The van der Waals surface area contributed by atoms with E-state index in [9.17, 15) is 0 Å². The lowest BCUT2D eigenvalue weighted by Gasteiger charge is -1.86. The molecule has 8 heavy (non-hydrogen) atoms. The van der Waals surface area contributed by atoms with E-state index in [-0.39, 0.29) is 0 Å². The Labute approximate surface area is 52.5 Å². The number of aromatic nitrogens is 2. The average Bonchev–Trinajstić information content (AvgIpc) is 1.77. The second-order valence-electron chi connectivity index (χ2n) is 1.45. The number of nitrogens with zero attached hydrogens (tertiary/aromatic N) is 2. The van der Waals surface area contributed by atoms with Crippen molar-refractivity contribution in [2.75, 3.05) is 0 Å². The first-order chi connectivity index (χ1) is 3.79. The molecular formula is C5H5ClN2. The standard InChI is InChI=1S/C5H5ClN2/c1-4-7-2-5(6)3-8-4/h2-3H,1H3. The van der Waals surface area contributed by atoms with Crippen LogP contribution in [0.4, 0.5) is 0 Å². The van der Waals surface area contributed by atoms with Crippen LogP contribution < -0.4 is 0 Å². The van der Waals surface area contributed by atoms with Crippen molar-refractivity contribution in [1.29, 1.82) is 0 Å². The fourth-order valence-electron chi connectivity index (χ4n) is 0.377. The number of aryl methyl sites for hydroxylation is 1. The lowest BCUT2D eigenvalue weighted by atomic mass is 10.6. The zero-order valence-corrected chi connectivity index (χ0v) is 5.18. The van der Waals surface area contributed by atoms with Gasteiger partial charge in [-0.3, -0.25) is 0 Å². The van der Waals surface area contributed by atoms with Crippen LogP contribution >= 0.6 is 11.6 Å². The summed E-state index contributed by atoms with van der Waals surface area (Å²) in [7, 11) is 0. The van der Waals surface area contributed by atoms with E-state index in [0.717, 1.165) is 5.82 Å². The van der Waals surface area contributed by atoms with E-state index < -0.39 is 0 Å². The Morgan fingerprint density at radius 2 is 1.88 bits per heavy atom. The molecule has 1 aromatic heterocycles. The van der Waals surface area contributed by atoms with Gasteiger partial charge in [-0.1, -0.05) is 11.6 Å². The molecule has 0 aliphatic carbocycles. The van der Waals surface area contributed by atoms with Crippen molar-refractivity contribution in [3.05, 3.63) is 23.2 Å². The molecule has 3 heteroatoms. The molecule has 0 amide bonds. The first-order valence-corrected chi connectivity index (χ1v) is 2.61. The quantitative estimate of drug-likeness (QED) is 0.529. The zero-order chi connectivity index (χ0) is 5.98. The highest BCUT2D eigenvalue weighted by Crippen LogP contribution is 2.00. The van der Waals surface area contributed by atoms with E-state index >= 15 is 0 Å². The predicted octanol–water partition coefficient (Wildman–Crippen LogP) is 1.44. The fourth-order valence-corrected chi connectivity index (χ4v) is 0.474. The maximum absolute atomic E-state index is 5.49. The first kappa shape index (κ1) is 5.51. The number of halogens is 1. The van der Waals surface area contributed by atoms with Gasteiger partial charge in [-0.15, -0.1) is 0 Å². The van der Waals surface area contributed by atoms with Crippen LogP contribution in [0.1, 0.15) is 5.82 Å². The maximum Gasteiger partial charge on any atom is 0.125 e. The summed E-state index contributed by atoms with van der Waals surface area (Å²) in [5.74, 6) is 0.745. The molecule has 0 atom stereocenters. The third kappa shape index (κ3) is 1.17. The van der Waals surface area contributed by atoms with Crippen molar-refractivity contribution in [3.8, 4) is 0 Å². The summed E-state index contributed by atoms with van der Waals surface area (Å²) in [5.41, 5.74) is 0. The first-order valence-electron chi connectivity index (χ1n) is 2.23. The number of rotatable bonds is 0. The second kappa shape index (κ2) is 2.09. The Morgan fingerprint density at radius 1 is 1.38 bits per heavy atom. The molecule has 0 saturated heterocycles. The monoisotopic (exact) mass is 128 g/mol. The molecule has 0 radical (unpaired) electrons. The van der Waals surface area contributed by atoms with Crippen molar-refractivity contribution >= 4 is 11.6 Å². The molecule has 0 aliphatic rings. The van der Waals surface area contributed by atoms with Crippen molar-refractivity contribution in [2.45, 2.75) is 6.92 Å². The third-order valence-corrected chi connectivity index (χ3v) is 0.945. The van der Waals surface area contributed by atoms with Gasteiger partial charge >= 0.3 is 0 Å². The summed E-state index contributed by atoms with van der Waals surface area (Å²) in [6, 6.07) is 0. The van der Waals surface area contributed by atoms with Crippen LogP contribution in [-0.2, 0) is 0 Å².